The molecule has 19 heavy (non-hydrogen) atoms. The quantitative estimate of drug-likeness (QED) is 0.731. The molecule has 1 aliphatic heterocycles. The van der Waals surface area contributed by atoms with Crippen molar-refractivity contribution in [3.63, 3.8) is 0 Å². The highest BCUT2D eigenvalue weighted by Crippen LogP contribution is 2.32. The Kier molecular flexibility index (Phi) is 2.99. The van der Waals surface area contributed by atoms with E-state index < -0.39 is 0 Å². The number of carbonyl (C=O) groups is 1. The van der Waals surface area contributed by atoms with E-state index in [9.17, 15) is 4.79 Å². The minimum atomic E-state index is 0.0847. The Balaban J connectivity index is 2.05. The molecule has 1 aromatic carbocycles. The van der Waals surface area contributed by atoms with Gasteiger partial charge in [-0.3, -0.25) is 4.79 Å². The van der Waals surface area contributed by atoms with Crippen molar-refractivity contribution in [2.75, 3.05) is 6.61 Å². The Bertz CT molecular complexity index is 666. The summed E-state index contributed by atoms with van der Waals surface area (Å²) in [5, 5.41) is 2.00. The molecule has 0 aliphatic carbocycles. The highest BCUT2D eigenvalue weighted by molar-refractivity contribution is 7.10. The molecular weight excluding hydrogens is 256 g/mol. The first-order valence-electron chi connectivity index (χ1n) is 6.18. The summed E-state index contributed by atoms with van der Waals surface area (Å²) in [5.41, 5.74) is 3.52. The van der Waals surface area contributed by atoms with Gasteiger partial charge < -0.3 is 4.74 Å². The summed E-state index contributed by atoms with van der Waals surface area (Å²) in [6.07, 6.45) is 1.92. The fraction of sp³-hybridized carbons (Fsp3) is 0.188. The summed E-state index contributed by atoms with van der Waals surface area (Å²) in [4.78, 5) is 13.6. The van der Waals surface area contributed by atoms with Crippen molar-refractivity contribution in [1.82, 2.24) is 0 Å². The van der Waals surface area contributed by atoms with Crippen LogP contribution in [0, 0.1) is 13.8 Å². The SMILES string of the molecule is Cc1cc(C)c2c(c1)C(=O)/C(=C\c1cccs1)CO2. The summed E-state index contributed by atoms with van der Waals surface area (Å²) >= 11 is 1.62. The van der Waals surface area contributed by atoms with Gasteiger partial charge in [-0.1, -0.05) is 12.1 Å². The van der Waals surface area contributed by atoms with E-state index in [2.05, 4.69) is 0 Å². The summed E-state index contributed by atoms with van der Waals surface area (Å²) in [6.45, 7) is 4.33. The maximum atomic E-state index is 12.5. The number of fused-ring (bicyclic) bond motifs is 1. The zero-order valence-corrected chi connectivity index (χ0v) is 11.7. The molecule has 2 nitrogen and oxygen atoms in total. The molecule has 1 aromatic heterocycles. The van der Waals surface area contributed by atoms with E-state index in [0.717, 1.165) is 27.3 Å². The standard InChI is InChI=1S/C16H14O2S/c1-10-6-11(2)16-14(7-10)15(17)12(9-18-16)8-13-4-3-5-19-13/h3-8H,9H2,1-2H3/b12-8-. The third-order valence-corrected chi connectivity index (χ3v) is 4.01. The van der Waals surface area contributed by atoms with E-state index >= 15 is 0 Å². The Hall–Kier alpha value is -1.87. The first-order valence-corrected chi connectivity index (χ1v) is 7.06. The van der Waals surface area contributed by atoms with Crippen molar-refractivity contribution in [3.05, 3.63) is 56.8 Å². The van der Waals surface area contributed by atoms with Gasteiger partial charge in [-0.15, -0.1) is 11.3 Å². The van der Waals surface area contributed by atoms with Crippen molar-refractivity contribution in [2.45, 2.75) is 13.8 Å². The topological polar surface area (TPSA) is 26.3 Å². The Morgan fingerprint density at radius 2 is 2.16 bits per heavy atom. The van der Waals surface area contributed by atoms with Gasteiger partial charge in [0.2, 0.25) is 0 Å². The van der Waals surface area contributed by atoms with Crippen molar-refractivity contribution in [3.8, 4) is 5.75 Å². The summed E-state index contributed by atoms with van der Waals surface area (Å²) in [6, 6.07) is 7.93. The van der Waals surface area contributed by atoms with Crippen LogP contribution in [0.15, 0.2) is 35.2 Å². The molecule has 2 aromatic rings. The van der Waals surface area contributed by atoms with E-state index in [0.29, 0.717) is 12.2 Å². The monoisotopic (exact) mass is 270 g/mol. The molecule has 0 spiro atoms. The predicted molar refractivity (Wildman–Crippen MR) is 78.0 cm³/mol. The van der Waals surface area contributed by atoms with Gasteiger partial charge in [0, 0.05) is 10.5 Å². The van der Waals surface area contributed by atoms with Gasteiger partial charge in [-0.2, -0.15) is 0 Å². The number of hydrogen-bond donors (Lipinski definition) is 0. The Morgan fingerprint density at radius 1 is 1.32 bits per heavy atom. The first-order chi connectivity index (χ1) is 9.15. The molecule has 0 N–H and O–H groups in total. The van der Waals surface area contributed by atoms with E-state index in [1.165, 1.54) is 0 Å². The van der Waals surface area contributed by atoms with Crippen LogP contribution in [0.25, 0.3) is 6.08 Å². The average molecular weight is 270 g/mol. The zero-order valence-electron chi connectivity index (χ0n) is 10.9. The van der Waals surface area contributed by atoms with Crippen LogP contribution in [-0.4, -0.2) is 12.4 Å². The number of benzene rings is 1. The molecule has 3 heteroatoms. The van der Waals surface area contributed by atoms with Crippen LogP contribution in [0.4, 0.5) is 0 Å². The number of Topliss-reactive ketones (excluding diaryl/α,β-unsaturated/α-hetero) is 1. The highest BCUT2D eigenvalue weighted by atomic mass is 32.1. The lowest BCUT2D eigenvalue weighted by molar-refractivity contribution is 0.100. The fourth-order valence-corrected chi connectivity index (χ4v) is 3.04. The van der Waals surface area contributed by atoms with Gasteiger partial charge in [0.05, 0.1) is 5.56 Å². The van der Waals surface area contributed by atoms with Crippen LogP contribution in [0.3, 0.4) is 0 Å². The molecule has 0 amide bonds. The van der Waals surface area contributed by atoms with Crippen LogP contribution >= 0.6 is 11.3 Å². The van der Waals surface area contributed by atoms with Crippen LogP contribution < -0.4 is 4.74 Å². The van der Waals surface area contributed by atoms with Crippen LogP contribution in [0.5, 0.6) is 5.75 Å². The Morgan fingerprint density at radius 3 is 2.89 bits per heavy atom. The van der Waals surface area contributed by atoms with Crippen LogP contribution in [0.2, 0.25) is 0 Å². The van der Waals surface area contributed by atoms with E-state index in [1.54, 1.807) is 11.3 Å². The Labute approximate surface area is 116 Å². The third-order valence-electron chi connectivity index (χ3n) is 3.19. The minimum Gasteiger partial charge on any atom is -0.488 e. The van der Waals surface area contributed by atoms with E-state index in [1.807, 2.05) is 49.6 Å². The second-order valence-corrected chi connectivity index (χ2v) is 5.74. The zero-order chi connectivity index (χ0) is 13.4. The molecule has 3 rings (SSSR count). The lowest BCUT2D eigenvalue weighted by atomic mass is 9.95. The molecule has 0 atom stereocenters. The van der Waals surface area contributed by atoms with Crippen molar-refractivity contribution >= 4 is 23.2 Å². The number of hydrogen-bond acceptors (Lipinski definition) is 3. The van der Waals surface area contributed by atoms with Gasteiger partial charge >= 0.3 is 0 Å². The second-order valence-electron chi connectivity index (χ2n) is 4.76. The number of ketones is 1. The number of ether oxygens (including phenoxy) is 1. The molecule has 0 radical (unpaired) electrons. The first kappa shape index (κ1) is 12.2. The van der Waals surface area contributed by atoms with Crippen molar-refractivity contribution in [2.24, 2.45) is 0 Å². The van der Waals surface area contributed by atoms with Gasteiger partial charge in [0.1, 0.15) is 12.4 Å². The average Bonchev–Trinajstić information content (AvgIpc) is 2.86. The fourth-order valence-electron chi connectivity index (χ4n) is 2.36. The lowest BCUT2D eigenvalue weighted by Crippen LogP contribution is -2.20. The maximum absolute atomic E-state index is 12.5. The number of thiophene rings is 1. The maximum Gasteiger partial charge on any atom is 0.196 e. The van der Waals surface area contributed by atoms with Crippen molar-refractivity contribution < 1.29 is 9.53 Å². The molecule has 1 aliphatic rings. The largest absolute Gasteiger partial charge is 0.488 e. The van der Waals surface area contributed by atoms with Crippen LogP contribution in [0.1, 0.15) is 26.4 Å². The van der Waals surface area contributed by atoms with E-state index in [4.69, 9.17) is 4.74 Å². The third kappa shape index (κ3) is 2.22. The molecule has 2 heterocycles. The molecule has 0 saturated heterocycles. The normalized spacial score (nSPS) is 16.3. The van der Waals surface area contributed by atoms with E-state index in [-0.39, 0.29) is 5.78 Å². The van der Waals surface area contributed by atoms with Gasteiger partial charge in [0.25, 0.3) is 0 Å². The molecule has 0 unspecified atom stereocenters. The summed E-state index contributed by atoms with van der Waals surface area (Å²) in [7, 11) is 0. The van der Waals surface area contributed by atoms with Gasteiger partial charge in [-0.05, 0) is 48.6 Å². The number of carbonyl (C=O) groups excluding carboxylic acids is 1. The van der Waals surface area contributed by atoms with Crippen molar-refractivity contribution in [1.29, 1.82) is 0 Å². The van der Waals surface area contributed by atoms with Crippen LogP contribution in [-0.2, 0) is 0 Å². The molecular formula is C16H14O2S. The number of rotatable bonds is 1. The summed E-state index contributed by atoms with van der Waals surface area (Å²) in [5.74, 6) is 0.820. The van der Waals surface area contributed by atoms with Gasteiger partial charge in [0.15, 0.2) is 5.78 Å². The number of aryl methyl sites for hydroxylation is 2. The van der Waals surface area contributed by atoms with Gasteiger partial charge in [-0.25, -0.2) is 0 Å². The lowest BCUT2D eigenvalue weighted by Gasteiger charge is -2.21. The predicted octanol–water partition coefficient (Wildman–Crippen LogP) is 4.02. The molecule has 96 valence electrons. The molecule has 0 bridgehead atoms. The molecule has 0 saturated carbocycles. The molecule has 0 fully saturated rings. The second kappa shape index (κ2) is 4.67. The smallest absolute Gasteiger partial charge is 0.196 e. The minimum absolute atomic E-state index is 0.0847. The highest BCUT2D eigenvalue weighted by Gasteiger charge is 2.25. The summed E-state index contributed by atoms with van der Waals surface area (Å²) < 4.78 is 5.76.